The van der Waals surface area contributed by atoms with Crippen LogP contribution in [-0.2, 0) is 9.59 Å². The standard InChI is InChI=1S/C28H42O4.3C2H6/c1-25(2)14-7-8-19-17(25)9-11-20-18-10-12-21(24(31)22(29)13-15-26(3,4)32)27(18,5)16-23(30)28(19,20)6;3*1-2/h9,13,15,18-21,24,31-32H,7-8,10-12,14,16H2,1-6H3;3*1-2H3/b15-13+;;;. The Kier molecular flexibility index (Phi) is 12.3. The normalized spacial score (nSPS) is 35.9. The highest BCUT2D eigenvalue weighted by Gasteiger charge is 2.65. The van der Waals surface area contributed by atoms with Crippen LogP contribution < -0.4 is 0 Å². The van der Waals surface area contributed by atoms with Gasteiger partial charge in [-0.3, -0.25) is 9.59 Å². The Bertz CT molecular complexity index is 860. The molecule has 4 aliphatic rings. The van der Waals surface area contributed by atoms with E-state index in [9.17, 15) is 19.8 Å². The molecule has 7 unspecified atom stereocenters. The lowest BCUT2D eigenvalue weighted by molar-refractivity contribution is -0.157. The van der Waals surface area contributed by atoms with E-state index >= 15 is 0 Å². The average Bonchev–Trinajstić information content (AvgIpc) is 3.22. The van der Waals surface area contributed by atoms with E-state index < -0.39 is 11.7 Å². The molecule has 38 heavy (non-hydrogen) atoms. The van der Waals surface area contributed by atoms with Crippen LogP contribution in [0.3, 0.4) is 0 Å². The monoisotopic (exact) mass is 532 g/mol. The first kappa shape index (κ1) is 34.8. The molecule has 0 aliphatic heterocycles. The van der Waals surface area contributed by atoms with Crippen molar-refractivity contribution >= 4 is 11.6 Å². The van der Waals surface area contributed by atoms with Gasteiger partial charge in [-0.15, -0.1) is 0 Å². The van der Waals surface area contributed by atoms with E-state index in [2.05, 4.69) is 33.8 Å². The van der Waals surface area contributed by atoms with Crippen LogP contribution in [0.15, 0.2) is 23.8 Å². The van der Waals surface area contributed by atoms with E-state index in [1.54, 1.807) is 13.8 Å². The van der Waals surface area contributed by atoms with E-state index in [4.69, 9.17) is 0 Å². The van der Waals surface area contributed by atoms with Crippen LogP contribution in [0.1, 0.15) is 128 Å². The lowest BCUT2D eigenvalue weighted by atomic mass is 9.43. The summed E-state index contributed by atoms with van der Waals surface area (Å²) in [6.45, 7) is 24.3. The molecule has 3 fully saturated rings. The molecule has 4 aliphatic carbocycles. The van der Waals surface area contributed by atoms with Gasteiger partial charge >= 0.3 is 0 Å². The van der Waals surface area contributed by atoms with Crippen LogP contribution in [0.4, 0.5) is 0 Å². The molecule has 0 saturated heterocycles. The van der Waals surface area contributed by atoms with Crippen LogP contribution in [0.25, 0.3) is 0 Å². The Morgan fingerprint density at radius 1 is 1.00 bits per heavy atom. The Morgan fingerprint density at radius 2 is 1.58 bits per heavy atom. The zero-order chi connectivity index (χ0) is 29.7. The molecule has 0 spiro atoms. The number of rotatable bonds is 4. The van der Waals surface area contributed by atoms with Gasteiger partial charge in [0.25, 0.3) is 0 Å². The molecular formula is C34H60O4. The predicted molar refractivity (Wildman–Crippen MR) is 160 cm³/mol. The highest BCUT2D eigenvalue weighted by atomic mass is 16.3. The van der Waals surface area contributed by atoms with Crippen molar-refractivity contribution in [2.45, 2.75) is 140 Å². The lowest BCUT2D eigenvalue weighted by Gasteiger charge is -2.60. The summed E-state index contributed by atoms with van der Waals surface area (Å²) in [7, 11) is 0. The largest absolute Gasteiger partial charge is 0.386 e. The fraction of sp³-hybridized carbons (Fsp3) is 0.824. The van der Waals surface area contributed by atoms with Gasteiger partial charge in [0, 0.05) is 11.8 Å². The van der Waals surface area contributed by atoms with Crippen molar-refractivity contribution in [3.63, 3.8) is 0 Å². The summed E-state index contributed by atoms with van der Waals surface area (Å²) in [5, 5.41) is 20.9. The van der Waals surface area contributed by atoms with Crippen molar-refractivity contribution in [2.24, 2.45) is 39.9 Å². The summed E-state index contributed by atoms with van der Waals surface area (Å²) >= 11 is 0. The summed E-state index contributed by atoms with van der Waals surface area (Å²) in [5.74, 6) is 0.734. The zero-order valence-corrected chi connectivity index (χ0v) is 26.8. The van der Waals surface area contributed by atoms with Crippen molar-refractivity contribution in [1.82, 2.24) is 0 Å². The number of hydrogen-bond donors (Lipinski definition) is 2. The third kappa shape index (κ3) is 6.38. The molecule has 0 bridgehead atoms. The van der Waals surface area contributed by atoms with Crippen molar-refractivity contribution in [2.75, 3.05) is 0 Å². The second-order valence-electron chi connectivity index (χ2n) is 12.8. The summed E-state index contributed by atoms with van der Waals surface area (Å²) in [6.07, 6.45) is 10.7. The summed E-state index contributed by atoms with van der Waals surface area (Å²) in [6, 6.07) is 0. The summed E-state index contributed by atoms with van der Waals surface area (Å²) < 4.78 is 0. The SMILES string of the molecule is CC.CC.CC.CC(C)(O)/C=C/C(=O)C(O)C1CCC2C3CC=C4C(CCCC4(C)C)C3(C)C(=O)CC12C. The van der Waals surface area contributed by atoms with Crippen LogP contribution >= 0.6 is 0 Å². The number of ketones is 2. The minimum absolute atomic E-state index is 0.172. The van der Waals surface area contributed by atoms with Crippen LogP contribution in [0, 0.1) is 39.9 Å². The molecule has 0 aromatic carbocycles. The highest BCUT2D eigenvalue weighted by molar-refractivity contribution is 5.94. The van der Waals surface area contributed by atoms with Crippen LogP contribution in [0.2, 0.25) is 0 Å². The number of carbonyl (C=O) groups is 2. The molecule has 0 aromatic rings. The van der Waals surface area contributed by atoms with Gasteiger partial charge in [-0.05, 0) is 86.5 Å². The van der Waals surface area contributed by atoms with Gasteiger partial charge in [-0.1, -0.05) is 93.4 Å². The minimum Gasteiger partial charge on any atom is -0.386 e. The number of hydrogen-bond acceptors (Lipinski definition) is 4. The highest BCUT2D eigenvalue weighted by Crippen LogP contribution is 2.68. The van der Waals surface area contributed by atoms with Crippen LogP contribution in [0.5, 0.6) is 0 Å². The van der Waals surface area contributed by atoms with E-state index in [1.165, 1.54) is 30.6 Å². The molecular weight excluding hydrogens is 472 g/mol. The molecule has 2 N–H and O–H groups in total. The molecule has 0 amide bonds. The first-order valence-corrected chi connectivity index (χ1v) is 15.6. The third-order valence-electron chi connectivity index (χ3n) is 9.98. The first-order chi connectivity index (χ1) is 17.7. The molecule has 220 valence electrons. The molecule has 7 atom stereocenters. The lowest BCUT2D eigenvalue weighted by Crippen LogP contribution is -2.59. The minimum atomic E-state index is -1.12. The molecule has 3 saturated carbocycles. The quantitative estimate of drug-likeness (QED) is 0.283. The number of aliphatic hydroxyl groups is 2. The molecule has 0 aromatic heterocycles. The van der Waals surface area contributed by atoms with Crippen LogP contribution in [-0.4, -0.2) is 33.5 Å². The topological polar surface area (TPSA) is 74.6 Å². The maximum atomic E-state index is 13.9. The van der Waals surface area contributed by atoms with Crippen molar-refractivity contribution in [3.05, 3.63) is 23.8 Å². The van der Waals surface area contributed by atoms with Gasteiger partial charge in [-0.25, -0.2) is 0 Å². The Hall–Kier alpha value is -1.26. The maximum Gasteiger partial charge on any atom is 0.184 e. The second-order valence-corrected chi connectivity index (χ2v) is 12.8. The summed E-state index contributed by atoms with van der Waals surface area (Å²) in [4.78, 5) is 26.7. The van der Waals surface area contributed by atoms with Gasteiger partial charge in [-0.2, -0.15) is 0 Å². The smallest absolute Gasteiger partial charge is 0.184 e. The van der Waals surface area contributed by atoms with E-state index in [-0.39, 0.29) is 33.9 Å². The molecule has 4 rings (SSSR count). The fourth-order valence-electron chi connectivity index (χ4n) is 8.16. The second kappa shape index (κ2) is 13.4. The van der Waals surface area contributed by atoms with Gasteiger partial charge in [0.2, 0.25) is 0 Å². The number of allylic oxidation sites excluding steroid dienone is 2. The average molecular weight is 533 g/mol. The number of Topliss-reactive ketones (excluding diaryl/α,β-unsaturated/α-hetero) is 1. The van der Waals surface area contributed by atoms with Crippen molar-refractivity contribution in [1.29, 1.82) is 0 Å². The Morgan fingerprint density at radius 3 is 2.13 bits per heavy atom. The molecule has 0 radical (unpaired) electrons. The summed E-state index contributed by atoms with van der Waals surface area (Å²) in [5.41, 5.74) is -0.0997. The van der Waals surface area contributed by atoms with Crippen molar-refractivity contribution in [3.8, 4) is 0 Å². The third-order valence-corrected chi connectivity index (χ3v) is 9.98. The maximum absolute atomic E-state index is 13.9. The fourth-order valence-corrected chi connectivity index (χ4v) is 8.16. The van der Waals surface area contributed by atoms with E-state index in [0.29, 0.717) is 24.0 Å². The van der Waals surface area contributed by atoms with Gasteiger partial charge < -0.3 is 10.2 Å². The predicted octanol–water partition coefficient (Wildman–Crippen LogP) is 8.11. The molecule has 4 nitrogen and oxygen atoms in total. The van der Waals surface area contributed by atoms with Gasteiger partial charge in [0.1, 0.15) is 11.9 Å². The first-order valence-electron chi connectivity index (χ1n) is 15.6. The van der Waals surface area contributed by atoms with E-state index in [0.717, 1.165) is 25.7 Å². The number of carbonyl (C=O) groups excluding carboxylic acids is 2. The zero-order valence-electron chi connectivity index (χ0n) is 26.8. The molecule has 4 heteroatoms. The van der Waals surface area contributed by atoms with Gasteiger partial charge in [0.15, 0.2) is 5.78 Å². The van der Waals surface area contributed by atoms with Gasteiger partial charge in [0.05, 0.1) is 5.60 Å². The molecule has 0 heterocycles. The Balaban J connectivity index is 0.00000112. The van der Waals surface area contributed by atoms with Crippen molar-refractivity contribution < 1.29 is 19.8 Å². The number of fused-ring (bicyclic) bond motifs is 5. The Labute approximate surface area is 234 Å². The van der Waals surface area contributed by atoms with E-state index in [1.807, 2.05) is 41.5 Å². The number of aliphatic hydroxyl groups excluding tert-OH is 1.